The summed E-state index contributed by atoms with van der Waals surface area (Å²) >= 11 is 0. The predicted octanol–water partition coefficient (Wildman–Crippen LogP) is -1.72. The summed E-state index contributed by atoms with van der Waals surface area (Å²) in [4.78, 5) is 11.0. The topological polar surface area (TPSA) is 67.1 Å². The van der Waals surface area contributed by atoms with Gasteiger partial charge in [0.25, 0.3) is 0 Å². The second-order valence-corrected chi connectivity index (χ2v) is 2.43. The van der Waals surface area contributed by atoms with Crippen molar-refractivity contribution in [3.05, 3.63) is 0 Å². The molecule has 0 radical (unpaired) electrons. The lowest BCUT2D eigenvalue weighted by atomic mass is 10.0. The molecule has 1 heterocycles. The molecule has 0 bridgehead atoms. The average molecular weight is 143 g/mol. The Morgan fingerprint density at radius 3 is 2.80 bits per heavy atom. The zero-order valence-corrected chi connectivity index (χ0v) is 5.89. The maximum absolute atomic E-state index is 11.0. The SMILES string of the molecule is NCCNC(=O)C1CNC1. The van der Waals surface area contributed by atoms with Crippen LogP contribution in [0.4, 0.5) is 0 Å². The molecule has 4 nitrogen and oxygen atoms in total. The normalized spacial score (nSPS) is 18.1. The van der Waals surface area contributed by atoms with Gasteiger partial charge in [0.15, 0.2) is 0 Å². The molecule has 4 heteroatoms. The van der Waals surface area contributed by atoms with Gasteiger partial charge in [-0.15, -0.1) is 0 Å². The number of nitrogens with two attached hydrogens (primary N) is 1. The molecule has 0 spiro atoms. The van der Waals surface area contributed by atoms with Gasteiger partial charge in [0.1, 0.15) is 0 Å². The van der Waals surface area contributed by atoms with Crippen molar-refractivity contribution >= 4 is 5.91 Å². The fourth-order valence-corrected chi connectivity index (χ4v) is 0.814. The Bertz CT molecular complexity index is 122. The number of amides is 1. The van der Waals surface area contributed by atoms with Gasteiger partial charge in [0.2, 0.25) is 5.91 Å². The quantitative estimate of drug-likeness (QED) is 0.440. The Morgan fingerprint density at radius 2 is 2.40 bits per heavy atom. The third-order valence-corrected chi connectivity index (χ3v) is 1.60. The predicted molar refractivity (Wildman–Crippen MR) is 38.4 cm³/mol. The van der Waals surface area contributed by atoms with Crippen molar-refractivity contribution in [1.82, 2.24) is 10.6 Å². The van der Waals surface area contributed by atoms with Gasteiger partial charge in [0, 0.05) is 26.2 Å². The highest BCUT2D eigenvalue weighted by Gasteiger charge is 2.23. The van der Waals surface area contributed by atoms with Crippen molar-refractivity contribution in [2.24, 2.45) is 11.7 Å². The summed E-state index contributed by atoms with van der Waals surface area (Å²) in [5.74, 6) is 0.316. The maximum atomic E-state index is 11.0. The van der Waals surface area contributed by atoms with Gasteiger partial charge in [-0.2, -0.15) is 0 Å². The highest BCUT2D eigenvalue weighted by molar-refractivity contribution is 5.79. The van der Waals surface area contributed by atoms with Gasteiger partial charge in [0.05, 0.1) is 5.92 Å². The van der Waals surface area contributed by atoms with Crippen molar-refractivity contribution in [2.75, 3.05) is 26.2 Å². The molecule has 0 unspecified atom stereocenters. The van der Waals surface area contributed by atoms with Gasteiger partial charge in [-0.3, -0.25) is 4.79 Å². The van der Waals surface area contributed by atoms with Crippen LogP contribution in [0.5, 0.6) is 0 Å². The zero-order valence-electron chi connectivity index (χ0n) is 5.89. The van der Waals surface area contributed by atoms with Crippen LogP contribution in [-0.2, 0) is 4.79 Å². The molecule has 0 aromatic heterocycles. The van der Waals surface area contributed by atoms with Gasteiger partial charge in [-0.1, -0.05) is 0 Å². The van der Waals surface area contributed by atoms with Crippen LogP contribution >= 0.6 is 0 Å². The first-order chi connectivity index (χ1) is 4.84. The molecule has 0 aliphatic carbocycles. The second kappa shape index (κ2) is 3.53. The van der Waals surface area contributed by atoms with E-state index in [1.54, 1.807) is 0 Å². The second-order valence-electron chi connectivity index (χ2n) is 2.43. The standard InChI is InChI=1S/C6H13N3O/c7-1-2-9-6(10)5-3-8-4-5/h5,8H,1-4,7H2,(H,9,10). The number of rotatable bonds is 3. The summed E-state index contributed by atoms with van der Waals surface area (Å²) < 4.78 is 0. The van der Waals surface area contributed by atoms with Crippen molar-refractivity contribution in [3.8, 4) is 0 Å². The minimum atomic E-state index is 0.129. The van der Waals surface area contributed by atoms with E-state index in [1.807, 2.05) is 0 Å². The van der Waals surface area contributed by atoms with E-state index in [0.717, 1.165) is 13.1 Å². The smallest absolute Gasteiger partial charge is 0.225 e. The minimum Gasteiger partial charge on any atom is -0.355 e. The molecule has 0 atom stereocenters. The Kier molecular flexibility index (Phi) is 2.65. The van der Waals surface area contributed by atoms with Crippen LogP contribution in [0.1, 0.15) is 0 Å². The third-order valence-electron chi connectivity index (χ3n) is 1.60. The Hall–Kier alpha value is -0.610. The van der Waals surface area contributed by atoms with Crippen LogP contribution in [0, 0.1) is 5.92 Å². The monoisotopic (exact) mass is 143 g/mol. The fraction of sp³-hybridized carbons (Fsp3) is 0.833. The number of hydrogen-bond acceptors (Lipinski definition) is 3. The lowest BCUT2D eigenvalue weighted by Gasteiger charge is -2.25. The average Bonchev–Trinajstić information content (AvgIpc) is 1.79. The van der Waals surface area contributed by atoms with Gasteiger partial charge >= 0.3 is 0 Å². The molecule has 1 fully saturated rings. The van der Waals surface area contributed by atoms with E-state index in [-0.39, 0.29) is 11.8 Å². The maximum Gasteiger partial charge on any atom is 0.225 e. The van der Waals surface area contributed by atoms with E-state index in [4.69, 9.17) is 5.73 Å². The summed E-state index contributed by atoms with van der Waals surface area (Å²) in [6.45, 7) is 2.74. The summed E-state index contributed by atoms with van der Waals surface area (Å²) in [5.41, 5.74) is 5.21. The fourth-order valence-electron chi connectivity index (χ4n) is 0.814. The summed E-state index contributed by atoms with van der Waals surface area (Å²) in [5, 5.41) is 5.76. The van der Waals surface area contributed by atoms with Crippen LogP contribution in [0.2, 0.25) is 0 Å². The highest BCUT2D eigenvalue weighted by Crippen LogP contribution is 2.00. The van der Waals surface area contributed by atoms with E-state index in [1.165, 1.54) is 0 Å². The van der Waals surface area contributed by atoms with Crippen molar-refractivity contribution < 1.29 is 4.79 Å². The first-order valence-electron chi connectivity index (χ1n) is 3.53. The van der Waals surface area contributed by atoms with Crippen LogP contribution in [0.15, 0.2) is 0 Å². The van der Waals surface area contributed by atoms with Gasteiger partial charge < -0.3 is 16.4 Å². The number of nitrogens with one attached hydrogen (secondary N) is 2. The highest BCUT2D eigenvalue weighted by atomic mass is 16.2. The molecule has 0 saturated carbocycles. The number of carbonyl (C=O) groups excluding carboxylic acids is 1. The number of carbonyl (C=O) groups is 1. The van der Waals surface area contributed by atoms with Crippen molar-refractivity contribution in [1.29, 1.82) is 0 Å². The summed E-state index contributed by atoms with van der Waals surface area (Å²) in [6.07, 6.45) is 0. The molecule has 0 aromatic carbocycles. The molecule has 58 valence electrons. The molecular weight excluding hydrogens is 130 g/mol. The first kappa shape index (κ1) is 7.50. The molecular formula is C6H13N3O. The van der Waals surface area contributed by atoms with E-state index in [2.05, 4.69) is 10.6 Å². The first-order valence-corrected chi connectivity index (χ1v) is 3.53. The molecule has 1 aliphatic heterocycles. The molecule has 1 rings (SSSR count). The zero-order chi connectivity index (χ0) is 7.40. The van der Waals surface area contributed by atoms with Crippen LogP contribution in [-0.4, -0.2) is 32.1 Å². The largest absolute Gasteiger partial charge is 0.355 e. The molecule has 0 aromatic rings. The molecule has 4 N–H and O–H groups in total. The van der Waals surface area contributed by atoms with Crippen LogP contribution < -0.4 is 16.4 Å². The van der Waals surface area contributed by atoms with E-state index >= 15 is 0 Å². The minimum absolute atomic E-state index is 0.129. The summed E-state index contributed by atoms with van der Waals surface area (Å²) in [7, 11) is 0. The Morgan fingerprint density at radius 1 is 1.70 bits per heavy atom. The van der Waals surface area contributed by atoms with E-state index in [0.29, 0.717) is 13.1 Å². The lowest BCUT2D eigenvalue weighted by molar-refractivity contribution is -0.126. The van der Waals surface area contributed by atoms with Gasteiger partial charge in [-0.05, 0) is 0 Å². The van der Waals surface area contributed by atoms with E-state index in [9.17, 15) is 4.79 Å². The third kappa shape index (κ3) is 1.68. The molecule has 1 amide bonds. The number of hydrogen-bond donors (Lipinski definition) is 3. The lowest BCUT2D eigenvalue weighted by Crippen LogP contribution is -2.51. The van der Waals surface area contributed by atoms with Gasteiger partial charge in [-0.25, -0.2) is 0 Å². The molecule has 1 aliphatic rings. The Labute approximate surface area is 60.2 Å². The van der Waals surface area contributed by atoms with Crippen molar-refractivity contribution in [2.45, 2.75) is 0 Å². The van der Waals surface area contributed by atoms with E-state index < -0.39 is 0 Å². The van der Waals surface area contributed by atoms with Crippen molar-refractivity contribution in [3.63, 3.8) is 0 Å². The molecule has 10 heavy (non-hydrogen) atoms. The molecule has 1 saturated heterocycles. The summed E-state index contributed by atoms with van der Waals surface area (Å²) in [6, 6.07) is 0. The Balaban J connectivity index is 2.08. The van der Waals surface area contributed by atoms with Crippen LogP contribution in [0.3, 0.4) is 0 Å². The van der Waals surface area contributed by atoms with Crippen LogP contribution in [0.25, 0.3) is 0 Å².